The number of imidazole rings is 1. The molecule has 0 unspecified atom stereocenters. The maximum absolute atomic E-state index is 4.94. The largest absolute Gasteiger partial charge is 0.363 e. The van der Waals surface area contributed by atoms with Gasteiger partial charge in [0.1, 0.15) is 11.6 Å². The second-order valence-electron chi connectivity index (χ2n) is 8.63. The fraction of sp³-hybridized carbons (Fsp3) is 0.292. The van der Waals surface area contributed by atoms with E-state index in [2.05, 4.69) is 69.0 Å². The van der Waals surface area contributed by atoms with E-state index in [1.807, 2.05) is 18.2 Å². The number of rotatable bonds is 4. The van der Waals surface area contributed by atoms with Crippen LogP contribution in [0.25, 0.3) is 22.3 Å². The summed E-state index contributed by atoms with van der Waals surface area (Å²) in [6.45, 7) is 0. The van der Waals surface area contributed by atoms with E-state index in [0.29, 0.717) is 0 Å². The van der Waals surface area contributed by atoms with Gasteiger partial charge in [0.2, 0.25) is 0 Å². The summed E-state index contributed by atoms with van der Waals surface area (Å²) in [4.78, 5) is 8.53. The fourth-order valence-corrected chi connectivity index (χ4v) is 5.34. The molecule has 144 valence electrons. The van der Waals surface area contributed by atoms with Gasteiger partial charge in [-0.2, -0.15) is 0 Å². The Kier molecular flexibility index (Phi) is 3.54. The van der Waals surface area contributed by atoms with E-state index in [4.69, 9.17) is 4.98 Å². The second kappa shape index (κ2) is 6.14. The van der Waals surface area contributed by atoms with E-state index < -0.39 is 0 Å². The van der Waals surface area contributed by atoms with Crippen molar-refractivity contribution in [2.24, 2.45) is 0 Å². The summed E-state index contributed by atoms with van der Waals surface area (Å²) in [6, 6.07) is 22.6. The number of hydrogen-bond donors (Lipinski definition) is 2. The van der Waals surface area contributed by atoms with Gasteiger partial charge in [0.05, 0.1) is 16.7 Å². The lowest BCUT2D eigenvalue weighted by atomic mass is 9.83. The molecule has 0 spiro atoms. The Labute approximate surface area is 169 Å². The first-order chi connectivity index (χ1) is 14.2. The highest BCUT2D eigenvalue weighted by Gasteiger charge is 2.56. The van der Waals surface area contributed by atoms with E-state index in [0.717, 1.165) is 66.0 Å². The zero-order chi connectivity index (χ0) is 19.3. The van der Waals surface area contributed by atoms with Crippen LogP contribution in [0.1, 0.15) is 37.9 Å². The highest BCUT2D eigenvalue weighted by atomic mass is 15.2. The molecule has 6 rings (SSSR count). The van der Waals surface area contributed by atoms with Crippen molar-refractivity contribution < 1.29 is 0 Å². The number of nitrogens with one attached hydrogen (secondary N) is 2. The summed E-state index contributed by atoms with van der Waals surface area (Å²) in [6.07, 6.45) is 5.71. The van der Waals surface area contributed by atoms with Gasteiger partial charge in [0, 0.05) is 16.5 Å². The highest BCUT2D eigenvalue weighted by Crippen LogP contribution is 2.58. The summed E-state index contributed by atoms with van der Waals surface area (Å²) in [5.41, 5.74) is 4.46. The summed E-state index contributed by atoms with van der Waals surface area (Å²) < 4.78 is 0. The average molecular weight is 381 g/mol. The van der Waals surface area contributed by atoms with Crippen LogP contribution in [0, 0.1) is 0 Å². The second-order valence-corrected chi connectivity index (χ2v) is 8.63. The Hall–Kier alpha value is -3.21. The van der Waals surface area contributed by atoms with Crippen molar-refractivity contribution in [2.75, 3.05) is 5.32 Å². The van der Waals surface area contributed by atoms with Crippen LogP contribution in [0.5, 0.6) is 0 Å². The monoisotopic (exact) mass is 381 g/mol. The quantitative estimate of drug-likeness (QED) is 0.517. The van der Waals surface area contributed by atoms with Crippen LogP contribution in [0.3, 0.4) is 0 Å². The molecular weight excluding hydrogens is 358 g/mol. The molecule has 0 amide bonds. The molecular formula is C24H23N5. The maximum atomic E-state index is 4.94. The Morgan fingerprint density at radius 1 is 0.793 bits per heavy atom. The highest BCUT2D eigenvalue weighted by molar-refractivity contribution is 5.75. The van der Waals surface area contributed by atoms with Crippen molar-refractivity contribution in [3.05, 3.63) is 72.6 Å². The lowest BCUT2D eigenvalue weighted by Gasteiger charge is -2.28. The first-order valence-corrected chi connectivity index (χ1v) is 10.4. The topological polar surface area (TPSA) is 66.5 Å². The van der Waals surface area contributed by atoms with Gasteiger partial charge in [-0.3, -0.25) is 0 Å². The molecule has 0 aliphatic heterocycles. The van der Waals surface area contributed by atoms with E-state index in [-0.39, 0.29) is 11.0 Å². The van der Waals surface area contributed by atoms with E-state index in [9.17, 15) is 0 Å². The first kappa shape index (κ1) is 16.7. The number of aromatic nitrogens is 4. The van der Waals surface area contributed by atoms with Crippen LogP contribution in [-0.2, 0) is 5.41 Å². The third-order valence-corrected chi connectivity index (χ3v) is 6.86. The van der Waals surface area contributed by atoms with Crippen LogP contribution < -0.4 is 5.32 Å². The van der Waals surface area contributed by atoms with Crippen molar-refractivity contribution in [3.63, 3.8) is 0 Å². The zero-order valence-corrected chi connectivity index (χ0v) is 16.2. The van der Waals surface area contributed by atoms with Gasteiger partial charge in [0.25, 0.3) is 0 Å². The van der Waals surface area contributed by atoms with Gasteiger partial charge in [-0.15, -0.1) is 10.2 Å². The summed E-state index contributed by atoms with van der Waals surface area (Å²) >= 11 is 0. The molecule has 0 atom stereocenters. The number of hydrogen-bond acceptors (Lipinski definition) is 4. The van der Waals surface area contributed by atoms with Gasteiger partial charge >= 0.3 is 0 Å². The molecule has 0 saturated heterocycles. The summed E-state index contributed by atoms with van der Waals surface area (Å²) in [7, 11) is 0. The molecule has 29 heavy (non-hydrogen) atoms. The Morgan fingerprint density at radius 2 is 1.59 bits per heavy atom. The number of benzene rings is 2. The van der Waals surface area contributed by atoms with E-state index in [1.54, 1.807) is 0 Å². The zero-order valence-electron chi connectivity index (χ0n) is 16.2. The number of nitrogens with zero attached hydrogens (tertiary/aromatic N) is 3. The SMILES string of the molecule is c1ccc(-c2ccc(NC34CCC(c5nc6ccccc6[nH]5)(CC3)C4)nn2)cc1. The standard InChI is InChI=1S/C24H23N5/c1-2-6-17(7-3-1)18-10-11-21(29-28-18)27-24-14-12-23(16-24,13-15-24)22-25-19-8-4-5-9-20(19)26-22/h1-11H,12-16H2,(H,25,26)(H,27,29). The smallest absolute Gasteiger partial charge is 0.149 e. The molecule has 2 aromatic heterocycles. The number of fused-ring (bicyclic) bond motifs is 3. The Morgan fingerprint density at radius 3 is 2.34 bits per heavy atom. The normalized spacial score (nSPS) is 25.5. The van der Waals surface area contributed by atoms with E-state index in [1.165, 1.54) is 0 Å². The number of anilines is 1. The van der Waals surface area contributed by atoms with Gasteiger partial charge in [0.15, 0.2) is 0 Å². The van der Waals surface area contributed by atoms with Crippen molar-refractivity contribution >= 4 is 16.9 Å². The minimum atomic E-state index is 0.0991. The molecule has 0 radical (unpaired) electrons. The molecule has 5 heteroatoms. The van der Waals surface area contributed by atoms with Crippen LogP contribution >= 0.6 is 0 Å². The Bertz CT molecular complexity index is 1120. The van der Waals surface area contributed by atoms with Crippen LogP contribution in [0.2, 0.25) is 0 Å². The third kappa shape index (κ3) is 2.72. The van der Waals surface area contributed by atoms with Crippen LogP contribution in [0.15, 0.2) is 66.7 Å². The van der Waals surface area contributed by atoms with Crippen LogP contribution in [-0.4, -0.2) is 25.7 Å². The van der Waals surface area contributed by atoms with Crippen molar-refractivity contribution in [2.45, 2.75) is 43.1 Å². The molecule has 2 aliphatic carbocycles. The van der Waals surface area contributed by atoms with Gasteiger partial charge in [-0.05, 0) is 56.4 Å². The maximum Gasteiger partial charge on any atom is 0.149 e. The predicted octanol–water partition coefficient (Wildman–Crippen LogP) is 5.09. The number of para-hydroxylation sites is 2. The molecule has 2 N–H and O–H groups in total. The summed E-state index contributed by atoms with van der Waals surface area (Å²) in [5, 5.41) is 12.7. The van der Waals surface area contributed by atoms with Crippen LogP contribution in [0.4, 0.5) is 5.82 Å². The van der Waals surface area contributed by atoms with Crippen molar-refractivity contribution in [3.8, 4) is 11.3 Å². The van der Waals surface area contributed by atoms with Crippen molar-refractivity contribution in [1.82, 2.24) is 20.2 Å². The molecule has 2 aromatic carbocycles. The third-order valence-electron chi connectivity index (χ3n) is 6.86. The lowest BCUT2D eigenvalue weighted by molar-refractivity contribution is 0.394. The summed E-state index contributed by atoms with van der Waals surface area (Å²) in [5.74, 6) is 2.03. The molecule has 2 bridgehead atoms. The molecule has 2 heterocycles. The Balaban J connectivity index is 1.24. The van der Waals surface area contributed by atoms with Gasteiger partial charge in [-0.25, -0.2) is 4.98 Å². The molecule has 2 fully saturated rings. The predicted molar refractivity (Wildman–Crippen MR) is 115 cm³/mol. The fourth-order valence-electron chi connectivity index (χ4n) is 5.34. The lowest BCUT2D eigenvalue weighted by Crippen LogP contribution is -2.33. The first-order valence-electron chi connectivity index (χ1n) is 10.4. The number of H-pyrrole nitrogens is 1. The minimum absolute atomic E-state index is 0.0991. The number of aromatic amines is 1. The van der Waals surface area contributed by atoms with Gasteiger partial charge in [-0.1, -0.05) is 42.5 Å². The average Bonchev–Trinajstić information content (AvgIpc) is 3.47. The van der Waals surface area contributed by atoms with Crippen molar-refractivity contribution in [1.29, 1.82) is 0 Å². The molecule has 5 nitrogen and oxygen atoms in total. The van der Waals surface area contributed by atoms with Gasteiger partial charge < -0.3 is 10.3 Å². The van der Waals surface area contributed by atoms with E-state index >= 15 is 0 Å². The molecule has 4 aromatic rings. The molecule has 2 saturated carbocycles. The molecule has 2 aliphatic rings. The minimum Gasteiger partial charge on any atom is -0.363 e.